The van der Waals surface area contributed by atoms with Gasteiger partial charge in [-0.25, -0.2) is 0 Å². The van der Waals surface area contributed by atoms with Crippen LogP contribution in [0, 0.1) is 0 Å². The van der Waals surface area contributed by atoms with E-state index in [4.69, 9.17) is 5.11 Å². The predicted molar refractivity (Wildman–Crippen MR) is 117 cm³/mol. The molecule has 3 aromatic rings. The Morgan fingerprint density at radius 2 is 1.62 bits per heavy atom. The number of benzene rings is 2. The summed E-state index contributed by atoms with van der Waals surface area (Å²) in [4.78, 5) is 42.1. The van der Waals surface area contributed by atoms with Crippen molar-refractivity contribution in [3.8, 4) is 0 Å². The molecule has 0 spiro atoms. The zero-order valence-electron chi connectivity index (χ0n) is 18.9. The fraction of sp³-hybridized carbons (Fsp3) is 0.292. The van der Waals surface area contributed by atoms with E-state index in [0.29, 0.717) is 17.7 Å². The summed E-state index contributed by atoms with van der Waals surface area (Å²) in [6.07, 6.45) is -8.62. The number of aliphatic carboxylic acids is 1. The lowest BCUT2D eigenvalue weighted by molar-refractivity contribution is -0.147. The number of piperazine rings is 1. The average molecular weight is 527 g/mol. The van der Waals surface area contributed by atoms with Crippen molar-refractivity contribution in [1.29, 1.82) is 0 Å². The Balaban J connectivity index is 1.74. The van der Waals surface area contributed by atoms with E-state index in [1.165, 1.54) is 0 Å². The van der Waals surface area contributed by atoms with Gasteiger partial charge in [0.1, 0.15) is 13.1 Å². The van der Waals surface area contributed by atoms with Crippen LogP contribution in [0.25, 0.3) is 10.9 Å². The molecule has 0 unspecified atom stereocenters. The highest BCUT2D eigenvalue weighted by atomic mass is 19.4. The first-order valence-electron chi connectivity index (χ1n) is 10.9. The van der Waals surface area contributed by atoms with Crippen molar-refractivity contribution in [2.24, 2.45) is 0 Å². The maximum atomic E-state index is 13.3. The molecular formula is C24H19F6N3O4. The van der Waals surface area contributed by atoms with E-state index in [-0.39, 0.29) is 19.0 Å². The second-order valence-corrected chi connectivity index (χ2v) is 8.61. The number of nitrogens with zero attached hydrogens (tertiary/aromatic N) is 2. The first-order valence-corrected chi connectivity index (χ1v) is 10.9. The second kappa shape index (κ2) is 9.45. The van der Waals surface area contributed by atoms with E-state index >= 15 is 0 Å². The monoisotopic (exact) mass is 527 g/mol. The lowest BCUT2D eigenvalue weighted by Crippen LogP contribution is -2.59. The van der Waals surface area contributed by atoms with E-state index in [9.17, 15) is 40.7 Å². The predicted octanol–water partition coefficient (Wildman–Crippen LogP) is 4.19. The Labute approximate surface area is 205 Å². The second-order valence-electron chi connectivity index (χ2n) is 8.61. The molecule has 1 aliphatic heterocycles. The smallest absolute Gasteiger partial charge is 0.416 e. The van der Waals surface area contributed by atoms with Crippen LogP contribution in [0.4, 0.5) is 26.3 Å². The number of alkyl halides is 6. The minimum Gasteiger partial charge on any atom is -0.480 e. The normalized spacial score (nSPS) is 16.9. The summed E-state index contributed by atoms with van der Waals surface area (Å²) < 4.78 is 80.0. The number of hydrogen-bond acceptors (Lipinski definition) is 3. The Hall–Kier alpha value is -4.03. The molecular weight excluding hydrogens is 508 g/mol. The molecule has 2 aromatic carbocycles. The van der Waals surface area contributed by atoms with Crippen LogP contribution in [0.2, 0.25) is 0 Å². The standard InChI is InChI=1S/C24H19F6N3O4/c25-23(26,27)15-5-13(6-16(8-15)24(28,29)30)22(37)33-11-20(34)32(12-21(35)36)10-17(33)7-14-9-31-19-4-2-1-3-18(14)19/h1-6,8-9,17,31H,7,10-12H2,(H,35,36)/t17-/m1/s1. The number of nitrogens with one attached hydrogen (secondary N) is 1. The average Bonchev–Trinajstić information content (AvgIpc) is 3.21. The molecule has 1 aromatic heterocycles. The van der Waals surface area contributed by atoms with Gasteiger partial charge in [-0.3, -0.25) is 14.4 Å². The third-order valence-corrected chi connectivity index (χ3v) is 6.08. The van der Waals surface area contributed by atoms with Gasteiger partial charge in [-0.15, -0.1) is 0 Å². The fourth-order valence-corrected chi connectivity index (χ4v) is 4.36. The number of carbonyl (C=O) groups excluding carboxylic acids is 2. The molecule has 1 saturated heterocycles. The maximum Gasteiger partial charge on any atom is 0.416 e. The summed E-state index contributed by atoms with van der Waals surface area (Å²) in [7, 11) is 0. The van der Waals surface area contributed by atoms with Crippen molar-refractivity contribution in [2.75, 3.05) is 19.6 Å². The molecule has 0 saturated carbocycles. The molecule has 0 bridgehead atoms. The molecule has 13 heteroatoms. The summed E-state index contributed by atoms with van der Waals surface area (Å²) >= 11 is 0. The molecule has 4 rings (SSSR count). The van der Waals surface area contributed by atoms with Gasteiger partial charge in [-0.05, 0) is 36.2 Å². The fourth-order valence-electron chi connectivity index (χ4n) is 4.36. The molecule has 2 N–H and O–H groups in total. The number of H-pyrrole nitrogens is 1. The number of aromatic nitrogens is 1. The van der Waals surface area contributed by atoms with Gasteiger partial charge >= 0.3 is 18.3 Å². The largest absolute Gasteiger partial charge is 0.480 e. The van der Waals surface area contributed by atoms with Crippen molar-refractivity contribution in [2.45, 2.75) is 24.8 Å². The molecule has 0 aliphatic carbocycles. The highest BCUT2D eigenvalue weighted by molar-refractivity contribution is 5.98. The van der Waals surface area contributed by atoms with E-state index in [1.807, 2.05) is 0 Å². The van der Waals surface area contributed by atoms with Crippen LogP contribution in [0.5, 0.6) is 0 Å². The van der Waals surface area contributed by atoms with Gasteiger partial charge in [0.25, 0.3) is 5.91 Å². The van der Waals surface area contributed by atoms with Crippen LogP contribution in [-0.4, -0.2) is 63.4 Å². The number of rotatable bonds is 5. The highest BCUT2D eigenvalue weighted by Gasteiger charge is 2.40. The van der Waals surface area contributed by atoms with Gasteiger partial charge in [0.2, 0.25) is 5.91 Å². The van der Waals surface area contributed by atoms with E-state index in [0.717, 1.165) is 20.7 Å². The molecule has 196 valence electrons. The number of carbonyl (C=O) groups is 3. The van der Waals surface area contributed by atoms with Crippen molar-refractivity contribution in [1.82, 2.24) is 14.8 Å². The van der Waals surface area contributed by atoms with Gasteiger partial charge in [0.05, 0.1) is 17.2 Å². The van der Waals surface area contributed by atoms with E-state index in [1.54, 1.807) is 30.5 Å². The molecule has 1 aliphatic rings. The quantitative estimate of drug-likeness (QED) is 0.487. The summed E-state index contributed by atoms with van der Waals surface area (Å²) in [5.74, 6) is -3.31. The third kappa shape index (κ3) is 5.54. The Kier molecular flexibility index (Phi) is 6.65. The van der Waals surface area contributed by atoms with Crippen LogP contribution < -0.4 is 0 Å². The summed E-state index contributed by atoms with van der Waals surface area (Å²) in [5.41, 5.74) is -2.78. The molecule has 1 atom stereocenters. The van der Waals surface area contributed by atoms with Gasteiger partial charge in [0.15, 0.2) is 0 Å². The maximum absolute atomic E-state index is 13.3. The van der Waals surface area contributed by atoms with Gasteiger partial charge in [0, 0.05) is 29.2 Å². The number of hydrogen-bond donors (Lipinski definition) is 2. The summed E-state index contributed by atoms with van der Waals surface area (Å²) in [5, 5.41) is 9.90. The third-order valence-electron chi connectivity index (χ3n) is 6.08. The topological polar surface area (TPSA) is 93.7 Å². The van der Waals surface area contributed by atoms with Crippen LogP contribution in [-0.2, 0) is 28.4 Å². The number of halogens is 6. The first kappa shape index (κ1) is 26.0. The Bertz CT molecular complexity index is 1330. The summed E-state index contributed by atoms with van der Waals surface area (Å²) in [6, 6.07) is 6.71. The van der Waals surface area contributed by atoms with Gasteiger partial charge in [-0.1, -0.05) is 18.2 Å². The first-order chi connectivity index (χ1) is 17.2. The number of amides is 2. The zero-order valence-corrected chi connectivity index (χ0v) is 18.9. The van der Waals surface area contributed by atoms with Crippen molar-refractivity contribution >= 4 is 28.7 Å². The lowest BCUT2D eigenvalue weighted by atomic mass is 9.98. The van der Waals surface area contributed by atoms with Crippen molar-refractivity contribution in [3.63, 3.8) is 0 Å². The molecule has 7 nitrogen and oxygen atoms in total. The molecule has 37 heavy (non-hydrogen) atoms. The molecule has 1 fully saturated rings. The Morgan fingerprint density at radius 1 is 1.00 bits per heavy atom. The van der Waals surface area contributed by atoms with E-state index < -0.39 is 66.0 Å². The lowest BCUT2D eigenvalue weighted by Gasteiger charge is -2.40. The van der Waals surface area contributed by atoms with Crippen LogP contribution in [0.1, 0.15) is 27.0 Å². The SMILES string of the molecule is O=C(O)CN1C[C@@H](Cc2c[nH]c3ccccc23)N(C(=O)c2cc(C(F)(F)F)cc(C(F)(F)F)c2)CC1=O. The minimum absolute atomic E-state index is 0.0598. The zero-order chi connectivity index (χ0) is 27.1. The summed E-state index contributed by atoms with van der Waals surface area (Å²) in [6.45, 7) is -1.66. The number of fused-ring (bicyclic) bond motifs is 1. The van der Waals surface area contributed by atoms with Crippen LogP contribution in [0.15, 0.2) is 48.7 Å². The van der Waals surface area contributed by atoms with E-state index in [2.05, 4.69) is 4.98 Å². The highest BCUT2D eigenvalue weighted by Crippen LogP contribution is 2.37. The number of aromatic amines is 1. The molecule has 2 amide bonds. The minimum atomic E-state index is -5.16. The van der Waals surface area contributed by atoms with Crippen molar-refractivity contribution < 1.29 is 45.8 Å². The number of carboxylic acid groups (broad SMARTS) is 1. The van der Waals surface area contributed by atoms with Crippen LogP contribution >= 0.6 is 0 Å². The van der Waals surface area contributed by atoms with Crippen LogP contribution in [0.3, 0.4) is 0 Å². The Morgan fingerprint density at radius 3 is 2.22 bits per heavy atom. The van der Waals surface area contributed by atoms with Gasteiger partial charge in [-0.2, -0.15) is 26.3 Å². The number of carboxylic acids is 1. The molecule has 0 radical (unpaired) electrons. The number of para-hydroxylation sites is 1. The van der Waals surface area contributed by atoms with Crippen molar-refractivity contribution in [3.05, 3.63) is 70.9 Å². The van der Waals surface area contributed by atoms with Gasteiger partial charge < -0.3 is 19.9 Å². The molecule has 2 heterocycles.